The van der Waals surface area contributed by atoms with Crippen LogP contribution in [0.2, 0.25) is 0 Å². The van der Waals surface area contributed by atoms with Crippen LogP contribution < -0.4 is 0 Å². The van der Waals surface area contributed by atoms with Crippen LogP contribution in [0.25, 0.3) is 0 Å². The molecule has 2 amide bonds. The first-order chi connectivity index (χ1) is 57.9. The molecule has 2 saturated heterocycles. The van der Waals surface area contributed by atoms with Gasteiger partial charge in [0.25, 0.3) is 11.8 Å². The van der Waals surface area contributed by atoms with E-state index >= 15 is 0 Å². The fourth-order valence-electron chi connectivity index (χ4n) is 10.9. The molecule has 0 bridgehead atoms. The number of hydroxylamine groups is 2. The molecular weight excluding hydrogens is 1790 g/mol. The first-order valence-electron chi connectivity index (χ1n) is 41.9. The lowest BCUT2D eigenvalue weighted by molar-refractivity contribution is -0.193. The second kappa shape index (κ2) is 72.7. The lowest BCUT2D eigenvalue weighted by atomic mass is 9.67. The highest BCUT2D eigenvalue weighted by Gasteiger charge is 2.39. The zero-order valence-corrected chi connectivity index (χ0v) is 84.6. The van der Waals surface area contributed by atoms with Gasteiger partial charge in [-0.2, -0.15) is 62.6 Å². The molecule has 0 spiro atoms. The number of carbonyl (C=O) groups is 13. The summed E-state index contributed by atoms with van der Waals surface area (Å²) in [5.41, 5.74) is -0.835. The van der Waals surface area contributed by atoms with Gasteiger partial charge in [0.05, 0.1) is 32.8 Å². The van der Waals surface area contributed by atoms with Crippen LogP contribution in [-0.2, 0) is 158 Å². The summed E-state index contributed by atoms with van der Waals surface area (Å²) in [6.07, 6.45) is 18.0. The van der Waals surface area contributed by atoms with Crippen molar-refractivity contribution in [3.8, 4) is 0 Å². The lowest BCUT2D eigenvalue weighted by Gasteiger charge is -2.38. The molecule has 36 heteroatoms. The Morgan fingerprint density at radius 1 is 0.336 bits per heavy atom. The highest BCUT2D eigenvalue weighted by molar-refractivity contribution is 14.1. The molecule has 2 fully saturated rings. The van der Waals surface area contributed by atoms with E-state index in [1.165, 1.54) is 46.6 Å². The van der Waals surface area contributed by atoms with Crippen LogP contribution in [0.1, 0.15) is 387 Å². The molecule has 2 aliphatic rings. The number of Topliss-reactive ketones (excluding diaryl/α,β-unsaturated/α-hetero) is 2. The number of ketones is 2. The highest BCUT2D eigenvalue weighted by atomic mass is 127. The number of rotatable bonds is 35. The topological polar surface area (TPSA) is 524 Å². The van der Waals surface area contributed by atoms with Gasteiger partial charge in [-0.05, 0) is 230 Å². The van der Waals surface area contributed by atoms with E-state index in [1.54, 1.807) is 0 Å². The van der Waals surface area contributed by atoms with E-state index in [9.17, 15) is 62.3 Å². The molecule has 738 valence electrons. The summed E-state index contributed by atoms with van der Waals surface area (Å²) >= 11 is 1.96. The molecule has 2 rings (SSSR count). The van der Waals surface area contributed by atoms with Crippen molar-refractivity contribution < 1.29 is 163 Å². The molecule has 2 heterocycles. The van der Waals surface area contributed by atoms with Crippen LogP contribution >= 0.6 is 22.6 Å². The molecule has 0 aromatic carbocycles. The molecule has 0 atom stereocenters. The second-order valence-electron chi connectivity index (χ2n) is 40.9. The third-order valence-electron chi connectivity index (χ3n) is 17.5. The Balaban J connectivity index is -0.000000168. The maximum absolute atomic E-state index is 13.1. The minimum Gasteiger partial charge on any atom is -0.481 e. The van der Waals surface area contributed by atoms with E-state index in [0.29, 0.717) is 47.5 Å². The molecule has 2 aliphatic heterocycles. The Morgan fingerprint density at radius 2 is 0.586 bits per heavy atom. The molecule has 0 unspecified atom stereocenters. The van der Waals surface area contributed by atoms with Gasteiger partial charge in [0.1, 0.15) is 33.0 Å². The van der Waals surface area contributed by atoms with Crippen molar-refractivity contribution in [2.45, 2.75) is 404 Å². The van der Waals surface area contributed by atoms with E-state index in [4.69, 9.17) is 81.6 Å². The number of aliphatic carboxylic acids is 1. The molecular formula is C92H154INO34. The summed E-state index contributed by atoms with van der Waals surface area (Å²) in [5, 5.41) is 9.74. The first-order valence-corrected chi connectivity index (χ1v) is 43.4. The van der Waals surface area contributed by atoms with Gasteiger partial charge < -0.3 is 38.3 Å². The van der Waals surface area contributed by atoms with Gasteiger partial charge >= 0.3 is 90.6 Å². The Bertz CT molecular complexity index is 3300. The van der Waals surface area contributed by atoms with Crippen molar-refractivity contribution in [2.75, 3.05) is 18.5 Å². The van der Waals surface area contributed by atoms with Gasteiger partial charge in [0.15, 0.2) is 0 Å². The van der Waals surface area contributed by atoms with Crippen LogP contribution in [0.4, 0.5) is 0 Å². The predicted octanol–water partition coefficient (Wildman–Crippen LogP) is 16.9. The molecule has 0 radical (unpaired) electrons. The Labute approximate surface area is 772 Å². The maximum Gasteiger partial charge on any atom is 0.373 e. The largest absolute Gasteiger partial charge is 0.481 e. The molecule has 128 heavy (non-hydrogen) atoms. The number of ether oxygens (including phenoxy) is 7. The van der Waals surface area contributed by atoms with Gasteiger partial charge in [-0.3, -0.25) is 67.2 Å². The zero-order valence-electron chi connectivity index (χ0n) is 82.5. The second-order valence-corrected chi connectivity index (χ2v) is 41.5. The van der Waals surface area contributed by atoms with Crippen molar-refractivity contribution in [2.24, 2.45) is 48.7 Å². The van der Waals surface area contributed by atoms with Crippen molar-refractivity contribution >= 4 is 137 Å². The van der Waals surface area contributed by atoms with Crippen LogP contribution in [0, 0.1) is 48.7 Å². The van der Waals surface area contributed by atoms with Gasteiger partial charge in [0.2, 0.25) is 6.79 Å². The van der Waals surface area contributed by atoms with Crippen molar-refractivity contribution in [1.82, 2.24) is 5.06 Å². The molecule has 0 aromatic rings. The molecule has 0 saturated carbocycles. The Hall–Kier alpha value is -9.12. The summed E-state index contributed by atoms with van der Waals surface area (Å²) < 4.78 is 34.9. The number of esters is 8. The van der Waals surface area contributed by atoms with Crippen LogP contribution in [0.3, 0.4) is 0 Å². The number of carboxylic acids is 1. The van der Waals surface area contributed by atoms with Crippen molar-refractivity contribution in [3.05, 3.63) is 0 Å². The fraction of sp³-hybridized carbons (Fsp3) is 0.793. The van der Waals surface area contributed by atoms with Crippen LogP contribution in [0.15, 0.2) is 0 Å². The van der Waals surface area contributed by atoms with E-state index < -0.39 is 47.8 Å². The number of carbonyl (C=O) groups excluding carboxylic acids is 24. The van der Waals surface area contributed by atoms with E-state index in [1.807, 2.05) is 84.9 Å². The average molecular weight is 1950 g/mol. The van der Waals surface area contributed by atoms with Crippen LogP contribution in [-0.4, -0.2) is 160 Å². The number of hydrogen-bond acceptors (Lipinski definition) is 33. The smallest absolute Gasteiger partial charge is 0.373 e. The number of cyclic esters (lactones) is 2. The molecule has 1 N–H and O–H groups in total. The standard InChI is InChI=1S/C28H50O7.C25H46O5.C21H42O2.C5H7NO3.C4H4O3.C3H5IO2.6CO2/c1-21(29)33-20-34-23(31)12-11-22(30)19-28(17-15-25(2,3)4,18-16-26(5,6)7)14-13-24(32)35-27(8,9)10;1-22(2,3)14-16-25(17-15-23(4,5)6,18-19(26)10-11-20(27)28)13-12-21(29)30-24(7,8)9;1-18(2,3)13-15-21(10,16-14-19(4,5)6)12-11-17(22)23-20(7,8)9;1-9-6-4(7)2-3-5(6)8;5-3-1-2-4(6)7-3;1-3(5)6-2-4;6*2-1-3/h11-20H2,1-10H3;10-18H2,1-9H3,(H,27,28);11-16H2,1-10H3;2-3H2,1H3;1-2H2;2H2,1H3;;;;;;. The quantitative estimate of drug-likeness (QED) is 0.0117. The van der Waals surface area contributed by atoms with Crippen molar-refractivity contribution in [3.63, 3.8) is 0 Å². The van der Waals surface area contributed by atoms with Gasteiger partial charge in [-0.25, -0.2) is 0 Å². The summed E-state index contributed by atoms with van der Waals surface area (Å²) in [7, 11) is 1.31. The summed E-state index contributed by atoms with van der Waals surface area (Å²) in [6.45, 7) is 61.4. The monoisotopic (exact) mass is 1940 g/mol. The number of alkyl halides is 1. The van der Waals surface area contributed by atoms with Gasteiger partial charge in [-0.15, -0.1) is 0 Å². The number of halogens is 1. The normalized spacial score (nSPS) is 12.3. The molecule has 0 aromatic heterocycles. The Morgan fingerprint density at radius 3 is 0.781 bits per heavy atom. The third kappa shape index (κ3) is 111. The third-order valence-corrected chi connectivity index (χ3v) is 17.9. The Kier molecular flexibility index (Phi) is 79.1. The number of nitrogens with zero attached hydrogens (tertiary/aromatic N) is 1. The minimum atomic E-state index is -0.952. The predicted molar refractivity (Wildman–Crippen MR) is 468 cm³/mol. The lowest BCUT2D eigenvalue weighted by Crippen LogP contribution is -2.31. The van der Waals surface area contributed by atoms with Gasteiger partial charge in [0, 0.05) is 71.6 Å². The van der Waals surface area contributed by atoms with E-state index in [-0.39, 0.29) is 192 Å². The zero-order chi connectivity index (χ0) is 103. The summed E-state index contributed by atoms with van der Waals surface area (Å²) in [4.78, 5) is 249. The average Bonchev–Trinajstić information content (AvgIpc) is 1.37. The number of hydrogen-bond donors (Lipinski definition) is 1. The van der Waals surface area contributed by atoms with E-state index in [2.05, 4.69) is 151 Å². The van der Waals surface area contributed by atoms with E-state index in [0.717, 1.165) is 62.9 Å². The number of imide groups is 1. The maximum atomic E-state index is 13.1. The SMILES string of the molecule is CC(=O)OCI.CC(=O)OCOC(=O)CCC(=O)CC(CCC(=O)OC(C)(C)C)(CCC(C)(C)C)CCC(C)(C)C.CC(C)(C)CCC(C)(CCC(=O)OC(C)(C)C)CCC(C)(C)C.CC(C)(C)CCC(CCC(=O)OC(C)(C)C)(CCC(C)(C)C)CC(=O)CCC(=O)O.CON1C(=O)CCC1=O.O=C1CCC(=O)O1.O=C=O.O=C=O.O=C=O.O=C=O.O=C=O.O=C=O. The highest BCUT2D eigenvalue weighted by Crippen LogP contribution is 2.47. The number of amides is 2. The van der Waals surface area contributed by atoms with Crippen molar-refractivity contribution in [1.29, 1.82) is 0 Å². The summed E-state index contributed by atoms with van der Waals surface area (Å²) in [5.74, 6) is -4.19. The number of carboxylic acid groups (broad SMARTS) is 1. The van der Waals surface area contributed by atoms with Crippen LogP contribution in [0.5, 0.6) is 0 Å². The first kappa shape index (κ1) is 139. The fourth-order valence-corrected chi connectivity index (χ4v) is 11.3. The molecule has 35 nitrogen and oxygen atoms in total. The molecule has 0 aliphatic carbocycles. The van der Waals surface area contributed by atoms with Gasteiger partial charge in [-0.1, -0.05) is 132 Å². The minimum absolute atomic E-state index is 0.0237. The summed E-state index contributed by atoms with van der Waals surface area (Å²) in [6, 6.07) is 0.